The number of nitrogens with two attached hydrogens (primary N) is 1. The normalized spacial score (nSPS) is 13.6. The number of benzene rings is 1. The van der Waals surface area contributed by atoms with Crippen LogP contribution in [-0.2, 0) is 5.41 Å². The van der Waals surface area contributed by atoms with Crippen LogP contribution in [0.2, 0.25) is 0 Å². The molecule has 108 valence electrons. The lowest BCUT2D eigenvalue weighted by Gasteiger charge is -2.18. The van der Waals surface area contributed by atoms with Crippen LogP contribution in [0.1, 0.15) is 58.8 Å². The number of hydrogen-bond donors (Lipinski definition) is 1. The van der Waals surface area contributed by atoms with Gasteiger partial charge in [-0.25, -0.2) is 0 Å². The summed E-state index contributed by atoms with van der Waals surface area (Å²) in [5.74, 6) is 0. The molecule has 0 bridgehead atoms. The smallest absolute Gasteiger partial charge is 0.0651 e. The van der Waals surface area contributed by atoms with E-state index in [0.717, 1.165) is 0 Å². The minimum absolute atomic E-state index is 0.0169. The molecule has 0 amide bonds. The van der Waals surface area contributed by atoms with Gasteiger partial charge < -0.3 is 5.73 Å². The van der Waals surface area contributed by atoms with Gasteiger partial charge in [-0.05, 0) is 55.0 Å². The SMILES string of the molecule is Cc1cc(C)c(C(N)c2ccc(C(C)(C)C)s2)c(C)c1. The van der Waals surface area contributed by atoms with Crippen molar-refractivity contribution in [2.45, 2.75) is 53.0 Å². The van der Waals surface area contributed by atoms with Gasteiger partial charge in [-0.1, -0.05) is 38.5 Å². The van der Waals surface area contributed by atoms with E-state index in [-0.39, 0.29) is 11.5 Å². The Morgan fingerprint density at radius 2 is 1.55 bits per heavy atom. The van der Waals surface area contributed by atoms with Crippen molar-refractivity contribution in [3.63, 3.8) is 0 Å². The molecule has 0 fully saturated rings. The van der Waals surface area contributed by atoms with Gasteiger partial charge in [0.2, 0.25) is 0 Å². The van der Waals surface area contributed by atoms with E-state index in [2.05, 4.69) is 65.8 Å². The molecule has 1 aromatic heterocycles. The molecule has 0 spiro atoms. The molecule has 0 aliphatic heterocycles. The topological polar surface area (TPSA) is 26.0 Å². The first-order chi connectivity index (χ1) is 9.20. The van der Waals surface area contributed by atoms with Crippen LogP contribution in [0.25, 0.3) is 0 Å². The molecule has 1 unspecified atom stereocenters. The van der Waals surface area contributed by atoms with Crippen LogP contribution in [0.15, 0.2) is 24.3 Å². The first kappa shape index (κ1) is 15.3. The van der Waals surface area contributed by atoms with Crippen molar-refractivity contribution in [1.29, 1.82) is 0 Å². The monoisotopic (exact) mass is 287 g/mol. The summed E-state index contributed by atoms with van der Waals surface area (Å²) in [6.07, 6.45) is 0. The van der Waals surface area contributed by atoms with E-state index in [0.29, 0.717) is 0 Å². The summed E-state index contributed by atoms with van der Waals surface area (Å²) in [7, 11) is 0. The second-order valence-electron chi connectivity index (χ2n) is 6.74. The second-order valence-corrected chi connectivity index (χ2v) is 7.86. The Labute approximate surface area is 126 Å². The Hall–Kier alpha value is -1.12. The fourth-order valence-electron chi connectivity index (χ4n) is 2.75. The largest absolute Gasteiger partial charge is 0.320 e. The van der Waals surface area contributed by atoms with Crippen LogP contribution in [0.3, 0.4) is 0 Å². The molecule has 2 N–H and O–H groups in total. The van der Waals surface area contributed by atoms with Crippen molar-refractivity contribution in [3.05, 3.63) is 56.3 Å². The minimum atomic E-state index is -0.0169. The van der Waals surface area contributed by atoms with Crippen LogP contribution < -0.4 is 5.73 Å². The Bertz CT molecular complexity index is 594. The number of hydrogen-bond acceptors (Lipinski definition) is 2. The highest BCUT2D eigenvalue weighted by Crippen LogP contribution is 2.35. The van der Waals surface area contributed by atoms with Gasteiger partial charge in [0, 0.05) is 9.75 Å². The summed E-state index contributed by atoms with van der Waals surface area (Å²) >= 11 is 1.84. The van der Waals surface area contributed by atoms with Crippen LogP contribution in [0.4, 0.5) is 0 Å². The van der Waals surface area contributed by atoms with Crippen molar-refractivity contribution in [3.8, 4) is 0 Å². The number of aryl methyl sites for hydroxylation is 3. The summed E-state index contributed by atoms with van der Waals surface area (Å²) < 4.78 is 0. The molecule has 1 aromatic carbocycles. The van der Waals surface area contributed by atoms with Gasteiger partial charge in [-0.2, -0.15) is 0 Å². The lowest BCUT2D eigenvalue weighted by Crippen LogP contribution is -2.14. The second kappa shape index (κ2) is 5.34. The summed E-state index contributed by atoms with van der Waals surface area (Å²) in [5.41, 5.74) is 11.9. The molecule has 1 nitrogen and oxygen atoms in total. The Morgan fingerprint density at radius 1 is 1.00 bits per heavy atom. The molecular formula is C18H25NS. The standard InChI is InChI=1S/C18H25NS/c1-11-9-12(2)16(13(3)10-11)17(19)14-7-8-15(20-14)18(4,5)6/h7-10,17H,19H2,1-6H3. The molecule has 0 aliphatic rings. The average Bonchev–Trinajstić information content (AvgIpc) is 2.75. The molecule has 1 heterocycles. The average molecular weight is 287 g/mol. The molecule has 0 radical (unpaired) electrons. The molecule has 20 heavy (non-hydrogen) atoms. The van der Waals surface area contributed by atoms with Gasteiger partial charge in [0.15, 0.2) is 0 Å². The van der Waals surface area contributed by atoms with E-state index < -0.39 is 0 Å². The van der Waals surface area contributed by atoms with Gasteiger partial charge in [-0.15, -0.1) is 11.3 Å². The van der Waals surface area contributed by atoms with E-state index in [1.807, 2.05) is 11.3 Å². The third-order valence-corrected chi connectivity index (χ3v) is 5.32. The quantitative estimate of drug-likeness (QED) is 0.824. The molecule has 2 rings (SSSR count). The van der Waals surface area contributed by atoms with Crippen molar-refractivity contribution in [2.75, 3.05) is 0 Å². The maximum atomic E-state index is 6.54. The van der Waals surface area contributed by atoms with Crippen LogP contribution in [-0.4, -0.2) is 0 Å². The van der Waals surface area contributed by atoms with E-state index in [1.165, 1.54) is 32.0 Å². The predicted octanol–water partition coefficient (Wildman–Crippen LogP) is 5.02. The summed E-state index contributed by atoms with van der Waals surface area (Å²) in [5, 5.41) is 0. The third kappa shape index (κ3) is 2.97. The van der Waals surface area contributed by atoms with Crippen LogP contribution >= 0.6 is 11.3 Å². The van der Waals surface area contributed by atoms with Gasteiger partial charge in [0.1, 0.15) is 0 Å². The Kier molecular flexibility index (Phi) is 4.08. The van der Waals surface area contributed by atoms with Crippen LogP contribution in [0, 0.1) is 20.8 Å². The summed E-state index contributed by atoms with van der Waals surface area (Å²) in [4.78, 5) is 2.65. The van der Waals surface area contributed by atoms with E-state index in [4.69, 9.17) is 5.73 Å². The fourth-order valence-corrected chi connectivity index (χ4v) is 3.82. The predicted molar refractivity (Wildman–Crippen MR) is 89.7 cm³/mol. The van der Waals surface area contributed by atoms with Gasteiger partial charge in [0.05, 0.1) is 6.04 Å². The maximum Gasteiger partial charge on any atom is 0.0651 e. The first-order valence-electron chi connectivity index (χ1n) is 7.13. The molecule has 0 saturated heterocycles. The molecule has 2 heteroatoms. The third-order valence-electron chi connectivity index (χ3n) is 3.72. The maximum absolute atomic E-state index is 6.54. The minimum Gasteiger partial charge on any atom is -0.320 e. The van der Waals surface area contributed by atoms with E-state index in [1.54, 1.807) is 0 Å². The number of thiophene rings is 1. The molecule has 0 aliphatic carbocycles. The van der Waals surface area contributed by atoms with Crippen molar-refractivity contribution >= 4 is 11.3 Å². The highest BCUT2D eigenvalue weighted by Gasteiger charge is 2.20. The summed E-state index contributed by atoms with van der Waals surface area (Å²) in [6, 6.07) is 8.84. The molecular weight excluding hydrogens is 262 g/mol. The highest BCUT2D eigenvalue weighted by molar-refractivity contribution is 7.12. The van der Waals surface area contributed by atoms with E-state index in [9.17, 15) is 0 Å². The summed E-state index contributed by atoms with van der Waals surface area (Å²) in [6.45, 7) is 13.2. The fraction of sp³-hybridized carbons (Fsp3) is 0.444. The van der Waals surface area contributed by atoms with E-state index >= 15 is 0 Å². The highest BCUT2D eigenvalue weighted by atomic mass is 32.1. The lowest BCUT2D eigenvalue weighted by molar-refractivity contribution is 0.604. The van der Waals surface area contributed by atoms with Crippen molar-refractivity contribution in [2.24, 2.45) is 5.73 Å². The molecule has 1 atom stereocenters. The van der Waals surface area contributed by atoms with Crippen molar-refractivity contribution in [1.82, 2.24) is 0 Å². The zero-order valence-corrected chi connectivity index (χ0v) is 14.2. The van der Waals surface area contributed by atoms with Gasteiger partial charge in [0.25, 0.3) is 0 Å². The van der Waals surface area contributed by atoms with Crippen LogP contribution in [0.5, 0.6) is 0 Å². The molecule has 2 aromatic rings. The van der Waals surface area contributed by atoms with Gasteiger partial charge >= 0.3 is 0 Å². The lowest BCUT2D eigenvalue weighted by atomic mass is 9.93. The Morgan fingerprint density at radius 3 is 2.00 bits per heavy atom. The van der Waals surface area contributed by atoms with Crippen molar-refractivity contribution < 1.29 is 0 Å². The number of rotatable bonds is 2. The molecule has 0 saturated carbocycles. The van der Waals surface area contributed by atoms with Gasteiger partial charge in [-0.3, -0.25) is 0 Å². The zero-order chi connectivity index (χ0) is 15.1. The zero-order valence-electron chi connectivity index (χ0n) is 13.4. The first-order valence-corrected chi connectivity index (χ1v) is 7.95. The Balaban J connectivity index is 2.42.